The highest BCUT2D eigenvalue weighted by Gasteiger charge is 2.34. The monoisotopic (exact) mass is 838 g/mol. The molecule has 1 aliphatic heterocycles. The van der Waals surface area contributed by atoms with Crippen LogP contribution in [0.15, 0.2) is 90.2 Å². The number of primary amides is 2. The SMILES string of the molecule is CC1(C)COB(c2cc(C(N)=O)c3ncn(-c4ccnc5c(F)ccc(F)c45)c3c2)OC1.NC(=O)c1cc(Br)cc2c1ncn2-c1ccnc2c(F)ccc(F)c12. The van der Waals surface area contributed by atoms with Crippen molar-refractivity contribution in [2.75, 3.05) is 13.2 Å². The molecule has 0 radical (unpaired) electrons. The molecule has 4 N–H and O–H groups in total. The Labute approximate surface area is 328 Å². The van der Waals surface area contributed by atoms with E-state index in [9.17, 15) is 27.2 Å². The van der Waals surface area contributed by atoms with Crippen molar-refractivity contribution in [3.8, 4) is 11.4 Å². The lowest BCUT2D eigenvalue weighted by molar-refractivity contribution is 0.0343. The van der Waals surface area contributed by atoms with Gasteiger partial charge < -0.3 is 20.8 Å². The quantitative estimate of drug-likeness (QED) is 0.148. The van der Waals surface area contributed by atoms with Gasteiger partial charge in [0.15, 0.2) is 0 Å². The molecule has 286 valence electrons. The standard InChI is InChI=1S/C22H19BF2N4O3.C17H9BrF2N4O/c1-22(2)9-31-23(32-10-22)12-7-13(21(26)30)19-17(8-12)29(11-28-19)16-5-6-27-20-15(25)4-3-14(24)18(16)20;18-8-5-9(17(21)25)15-13(6-8)24(7-23-15)12-3-4-22-16-11(20)2-1-10(19)14(12)16/h3-8,11H,9-10H2,1-2H3,(H2,26,30);1-7H,(H2,21,25). The molecule has 1 fully saturated rings. The minimum Gasteiger partial charge on any atom is -0.407 e. The summed E-state index contributed by atoms with van der Waals surface area (Å²) < 4.78 is 72.9. The molecule has 1 aliphatic rings. The minimum atomic E-state index is -0.697. The maximum absolute atomic E-state index is 14.7. The van der Waals surface area contributed by atoms with Gasteiger partial charge in [-0.25, -0.2) is 27.5 Å². The van der Waals surface area contributed by atoms with Crippen molar-refractivity contribution in [2.24, 2.45) is 16.9 Å². The maximum Gasteiger partial charge on any atom is 0.494 e. The van der Waals surface area contributed by atoms with E-state index in [2.05, 4.69) is 35.9 Å². The number of imidazole rings is 2. The lowest BCUT2D eigenvalue weighted by Crippen LogP contribution is -2.47. The predicted octanol–water partition coefficient (Wildman–Crippen LogP) is 6.43. The van der Waals surface area contributed by atoms with E-state index in [1.54, 1.807) is 45.5 Å². The molecule has 0 atom stereocenters. The van der Waals surface area contributed by atoms with Crippen molar-refractivity contribution in [1.29, 1.82) is 0 Å². The molecule has 4 aromatic heterocycles. The zero-order valence-electron chi connectivity index (χ0n) is 29.9. The highest BCUT2D eigenvalue weighted by Crippen LogP contribution is 2.32. The second kappa shape index (κ2) is 14.4. The van der Waals surface area contributed by atoms with Crippen molar-refractivity contribution in [3.05, 3.63) is 125 Å². The Morgan fingerprint density at radius 2 is 1.12 bits per heavy atom. The summed E-state index contributed by atoms with van der Waals surface area (Å²) in [6.45, 7) is 5.00. The molecule has 2 amide bonds. The number of carbonyl (C=O) groups excluding carboxylic acids is 2. The van der Waals surface area contributed by atoms with E-state index in [1.165, 1.54) is 25.0 Å². The van der Waals surface area contributed by atoms with Gasteiger partial charge in [-0.05, 0) is 66.1 Å². The van der Waals surface area contributed by atoms with Crippen molar-refractivity contribution in [3.63, 3.8) is 0 Å². The fourth-order valence-corrected chi connectivity index (χ4v) is 7.20. The highest BCUT2D eigenvalue weighted by atomic mass is 79.9. The lowest BCUT2D eigenvalue weighted by Gasteiger charge is -2.33. The van der Waals surface area contributed by atoms with Crippen molar-refractivity contribution in [1.82, 2.24) is 29.1 Å². The number of aromatic nitrogens is 6. The van der Waals surface area contributed by atoms with Crippen LogP contribution in [0.2, 0.25) is 0 Å². The Bertz CT molecular complexity index is 2950. The maximum atomic E-state index is 14.7. The first-order valence-corrected chi connectivity index (χ1v) is 18.0. The zero-order valence-corrected chi connectivity index (χ0v) is 31.5. The van der Waals surface area contributed by atoms with Gasteiger partial charge in [-0.2, -0.15) is 0 Å². The fourth-order valence-electron chi connectivity index (χ4n) is 6.76. The number of benzene rings is 4. The van der Waals surface area contributed by atoms with E-state index in [-0.39, 0.29) is 38.3 Å². The van der Waals surface area contributed by atoms with Crippen LogP contribution in [0.4, 0.5) is 17.6 Å². The molecule has 12 nitrogen and oxygen atoms in total. The van der Waals surface area contributed by atoms with Gasteiger partial charge in [0.2, 0.25) is 0 Å². The van der Waals surface area contributed by atoms with Crippen LogP contribution in [0.5, 0.6) is 0 Å². The molecule has 8 aromatic rings. The molecule has 0 aliphatic carbocycles. The molecule has 0 spiro atoms. The molecule has 0 saturated carbocycles. The van der Waals surface area contributed by atoms with E-state index >= 15 is 0 Å². The highest BCUT2D eigenvalue weighted by molar-refractivity contribution is 9.10. The van der Waals surface area contributed by atoms with Crippen molar-refractivity contribution in [2.45, 2.75) is 13.8 Å². The average molecular weight is 839 g/mol. The third-order valence-corrected chi connectivity index (χ3v) is 9.86. The van der Waals surface area contributed by atoms with Crippen molar-refractivity contribution >= 4 is 84.2 Å². The van der Waals surface area contributed by atoms with Crippen LogP contribution in [0.1, 0.15) is 34.6 Å². The Morgan fingerprint density at radius 1 is 0.667 bits per heavy atom. The normalized spacial score (nSPS) is 14.0. The average Bonchev–Trinajstić information content (AvgIpc) is 3.81. The summed E-state index contributed by atoms with van der Waals surface area (Å²) in [5, 5.41) is 0.0344. The van der Waals surface area contributed by atoms with Crippen LogP contribution < -0.4 is 16.9 Å². The molecule has 57 heavy (non-hydrogen) atoms. The van der Waals surface area contributed by atoms with Crippen molar-refractivity contribution < 1.29 is 36.5 Å². The number of hydrogen-bond donors (Lipinski definition) is 2. The van der Waals surface area contributed by atoms with Gasteiger partial charge in [0, 0.05) is 35.5 Å². The van der Waals surface area contributed by atoms with E-state index in [4.69, 9.17) is 20.8 Å². The van der Waals surface area contributed by atoms with E-state index in [0.717, 1.165) is 24.3 Å². The number of halogens is 5. The summed E-state index contributed by atoms with van der Waals surface area (Å²) >= 11 is 3.32. The summed E-state index contributed by atoms with van der Waals surface area (Å²) in [6.07, 6.45) is 5.65. The third-order valence-electron chi connectivity index (χ3n) is 9.40. The Hall–Kier alpha value is -6.24. The predicted molar refractivity (Wildman–Crippen MR) is 208 cm³/mol. The largest absolute Gasteiger partial charge is 0.494 e. The van der Waals surface area contributed by atoms with Crippen LogP contribution in [-0.4, -0.2) is 61.2 Å². The second-order valence-electron chi connectivity index (χ2n) is 14.0. The molecule has 1 saturated heterocycles. The third kappa shape index (κ3) is 6.74. The molecule has 0 bridgehead atoms. The Morgan fingerprint density at radius 3 is 1.61 bits per heavy atom. The van der Waals surface area contributed by atoms with Gasteiger partial charge in [-0.15, -0.1) is 0 Å². The summed E-state index contributed by atoms with van der Waals surface area (Å²) in [5.41, 5.74) is 14.1. The zero-order chi connectivity index (χ0) is 40.3. The first-order chi connectivity index (χ1) is 27.2. The van der Waals surface area contributed by atoms with Crippen LogP contribution in [0.3, 0.4) is 0 Å². The minimum absolute atomic E-state index is 0.00439. The van der Waals surface area contributed by atoms with Crippen LogP contribution in [-0.2, 0) is 9.31 Å². The first kappa shape index (κ1) is 37.7. The lowest BCUT2D eigenvalue weighted by atomic mass is 9.75. The Kier molecular flexibility index (Phi) is 9.50. The van der Waals surface area contributed by atoms with E-state index < -0.39 is 42.2 Å². The van der Waals surface area contributed by atoms with Gasteiger partial charge in [-0.1, -0.05) is 29.8 Å². The van der Waals surface area contributed by atoms with Gasteiger partial charge in [0.25, 0.3) is 11.8 Å². The van der Waals surface area contributed by atoms with E-state index in [1.807, 2.05) is 13.8 Å². The summed E-state index contributed by atoms with van der Waals surface area (Å²) in [6, 6.07) is 13.9. The summed E-state index contributed by atoms with van der Waals surface area (Å²) in [4.78, 5) is 40.3. The van der Waals surface area contributed by atoms with E-state index in [0.29, 0.717) is 56.6 Å². The van der Waals surface area contributed by atoms with Gasteiger partial charge >= 0.3 is 7.12 Å². The van der Waals surface area contributed by atoms with Crippen LogP contribution in [0.25, 0.3) is 55.2 Å². The fraction of sp³-hybridized carbons (Fsp3) is 0.128. The van der Waals surface area contributed by atoms with Crippen LogP contribution in [0, 0.1) is 28.7 Å². The number of amides is 2. The van der Waals surface area contributed by atoms with Gasteiger partial charge in [-0.3, -0.25) is 28.7 Å². The number of nitrogens with zero attached hydrogens (tertiary/aromatic N) is 6. The topological polar surface area (TPSA) is 166 Å². The Balaban J connectivity index is 0.000000165. The molecule has 5 heterocycles. The molecule has 18 heteroatoms. The number of carbonyl (C=O) groups is 2. The van der Waals surface area contributed by atoms with Gasteiger partial charge in [0.1, 0.15) is 58.0 Å². The molecule has 4 aromatic carbocycles. The smallest absolute Gasteiger partial charge is 0.407 e. The first-order valence-electron chi connectivity index (χ1n) is 17.2. The number of pyridine rings is 2. The number of fused-ring (bicyclic) bond motifs is 4. The summed E-state index contributed by atoms with van der Waals surface area (Å²) in [5.74, 6) is -3.80. The molecule has 0 unspecified atom stereocenters. The summed E-state index contributed by atoms with van der Waals surface area (Å²) in [7, 11) is -0.697. The number of rotatable bonds is 5. The number of nitrogens with two attached hydrogens (primary N) is 2. The van der Waals surface area contributed by atoms with Gasteiger partial charge in [0.05, 0.1) is 44.3 Å². The molecular formula is C39H28BBrF4N8O4. The number of hydrogen-bond acceptors (Lipinski definition) is 8. The molecule has 9 rings (SSSR count). The second-order valence-corrected chi connectivity index (χ2v) is 14.9. The van der Waals surface area contributed by atoms with Crippen LogP contribution >= 0.6 is 15.9 Å². The molecular weight excluding hydrogens is 811 g/mol.